The van der Waals surface area contributed by atoms with Gasteiger partial charge in [0, 0.05) is 24.0 Å². The quantitative estimate of drug-likeness (QED) is 0.591. The minimum absolute atomic E-state index is 0.00689. The van der Waals surface area contributed by atoms with Crippen LogP contribution in [0.1, 0.15) is 15.9 Å². The fraction of sp³-hybridized carbons (Fsp3) is 0.125. The second kappa shape index (κ2) is 7.23. The maximum Gasteiger partial charge on any atom is 0.318 e. The number of benzene rings is 2. The van der Waals surface area contributed by atoms with Crippen molar-refractivity contribution in [3.05, 3.63) is 63.7 Å². The summed E-state index contributed by atoms with van der Waals surface area (Å²) < 4.78 is 0. The van der Waals surface area contributed by atoms with E-state index in [2.05, 4.69) is 16.0 Å². The van der Waals surface area contributed by atoms with Gasteiger partial charge in [-0.15, -0.1) is 0 Å². The van der Waals surface area contributed by atoms with Crippen LogP contribution in [0, 0.1) is 17.0 Å². The van der Waals surface area contributed by atoms with Gasteiger partial charge in [0.15, 0.2) is 0 Å². The van der Waals surface area contributed by atoms with Crippen molar-refractivity contribution in [1.29, 1.82) is 0 Å². The lowest BCUT2D eigenvalue weighted by Crippen LogP contribution is -2.24. The molecule has 0 aliphatic rings. The molecule has 0 bridgehead atoms. The van der Waals surface area contributed by atoms with Crippen molar-refractivity contribution >= 4 is 29.0 Å². The molecule has 2 aromatic carbocycles. The average molecular weight is 328 g/mol. The van der Waals surface area contributed by atoms with Crippen molar-refractivity contribution < 1.29 is 14.5 Å². The minimum Gasteiger partial charge on any atom is -0.341 e. The number of nitrogens with one attached hydrogen (secondary N) is 3. The number of aryl methyl sites for hydroxylation is 1. The fourth-order valence-corrected chi connectivity index (χ4v) is 2.11. The predicted molar refractivity (Wildman–Crippen MR) is 90.3 cm³/mol. The molecule has 0 spiro atoms. The Balaban J connectivity index is 2.17. The highest BCUT2D eigenvalue weighted by atomic mass is 16.6. The number of nitro benzene ring substituents is 1. The average Bonchev–Trinajstić information content (AvgIpc) is 2.55. The highest BCUT2D eigenvalue weighted by Crippen LogP contribution is 2.24. The molecule has 8 nitrogen and oxygen atoms in total. The van der Waals surface area contributed by atoms with Gasteiger partial charge in [0.25, 0.3) is 11.6 Å². The van der Waals surface area contributed by atoms with E-state index in [4.69, 9.17) is 0 Å². The number of rotatable bonds is 4. The van der Waals surface area contributed by atoms with E-state index in [-0.39, 0.29) is 17.3 Å². The van der Waals surface area contributed by atoms with Gasteiger partial charge in [-0.3, -0.25) is 14.9 Å². The summed E-state index contributed by atoms with van der Waals surface area (Å²) in [5.41, 5.74) is 1.20. The molecule has 0 unspecified atom stereocenters. The zero-order chi connectivity index (χ0) is 17.7. The molecule has 24 heavy (non-hydrogen) atoms. The number of nitrogens with zero attached hydrogens (tertiary/aromatic N) is 1. The van der Waals surface area contributed by atoms with Crippen molar-refractivity contribution in [1.82, 2.24) is 5.32 Å². The molecule has 3 N–H and O–H groups in total. The number of carbonyl (C=O) groups excluding carboxylic acids is 2. The van der Waals surface area contributed by atoms with Crippen LogP contribution in [0.4, 0.5) is 21.9 Å². The van der Waals surface area contributed by atoms with E-state index in [1.807, 2.05) is 0 Å². The van der Waals surface area contributed by atoms with Gasteiger partial charge in [0.2, 0.25) is 0 Å². The van der Waals surface area contributed by atoms with Crippen LogP contribution in [-0.2, 0) is 0 Å². The molecule has 0 heterocycles. The Hall–Kier alpha value is -3.42. The molecule has 0 aliphatic heterocycles. The first-order valence-electron chi connectivity index (χ1n) is 7.06. The molecular formula is C16H16N4O4. The van der Waals surface area contributed by atoms with Gasteiger partial charge in [-0.25, -0.2) is 4.79 Å². The van der Waals surface area contributed by atoms with Crippen LogP contribution in [0.15, 0.2) is 42.5 Å². The number of anilines is 2. The molecule has 0 atom stereocenters. The molecule has 0 saturated carbocycles. The molecule has 0 saturated heterocycles. The highest BCUT2D eigenvalue weighted by Gasteiger charge is 2.22. The monoisotopic (exact) mass is 328 g/mol. The Morgan fingerprint density at radius 1 is 1.00 bits per heavy atom. The first-order chi connectivity index (χ1) is 11.4. The van der Waals surface area contributed by atoms with Crippen LogP contribution in [0.25, 0.3) is 0 Å². The number of carbonyl (C=O) groups is 2. The maximum absolute atomic E-state index is 12.3. The van der Waals surface area contributed by atoms with Gasteiger partial charge in [-0.1, -0.05) is 12.1 Å². The molecule has 3 amide bonds. The minimum atomic E-state index is -0.572. The van der Waals surface area contributed by atoms with Crippen molar-refractivity contribution in [2.75, 3.05) is 17.7 Å². The van der Waals surface area contributed by atoms with Crippen LogP contribution >= 0.6 is 0 Å². The number of hydrogen-bond donors (Lipinski definition) is 3. The van der Waals surface area contributed by atoms with E-state index in [0.29, 0.717) is 16.9 Å². The van der Waals surface area contributed by atoms with Crippen molar-refractivity contribution in [3.8, 4) is 0 Å². The van der Waals surface area contributed by atoms with Crippen LogP contribution in [0.5, 0.6) is 0 Å². The van der Waals surface area contributed by atoms with Crippen LogP contribution in [0.2, 0.25) is 0 Å². The number of para-hydroxylation sites is 1. The lowest BCUT2D eigenvalue weighted by atomic mass is 10.1. The lowest BCUT2D eigenvalue weighted by molar-refractivity contribution is -0.385. The normalized spacial score (nSPS) is 9.92. The Labute approximate surface area is 138 Å². The highest BCUT2D eigenvalue weighted by molar-refractivity contribution is 6.07. The fourth-order valence-electron chi connectivity index (χ4n) is 2.11. The van der Waals surface area contributed by atoms with Gasteiger partial charge in [0.1, 0.15) is 5.56 Å². The van der Waals surface area contributed by atoms with Gasteiger partial charge in [-0.2, -0.15) is 0 Å². The summed E-state index contributed by atoms with van der Waals surface area (Å²) in [6.07, 6.45) is 0. The van der Waals surface area contributed by atoms with E-state index in [0.717, 1.165) is 0 Å². The first-order valence-corrected chi connectivity index (χ1v) is 7.06. The van der Waals surface area contributed by atoms with E-state index in [1.165, 1.54) is 13.1 Å². The standard InChI is InChI=1S/C16H16N4O4/c1-10-4-3-5-13(14(10)20(23)24)15(21)18-11-6-8-12(9-7-11)19-16(22)17-2/h3-9H,1-2H3,(H,18,21)(H2,17,19,22). The molecular weight excluding hydrogens is 312 g/mol. The number of hydrogen-bond acceptors (Lipinski definition) is 4. The second-order valence-electron chi connectivity index (χ2n) is 4.96. The number of urea groups is 1. The summed E-state index contributed by atoms with van der Waals surface area (Å²) in [4.78, 5) is 34.1. The van der Waals surface area contributed by atoms with E-state index >= 15 is 0 Å². The van der Waals surface area contributed by atoms with Crippen molar-refractivity contribution in [2.24, 2.45) is 0 Å². The Morgan fingerprint density at radius 3 is 2.12 bits per heavy atom. The first kappa shape index (κ1) is 16.9. The summed E-state index contributed by atoms with van der Waals surface area (Å²) in [7, 11) is 1.50. The van der Waals surface area contributed by atoms with Crippen molar-refractivity contribution in [2.45, 2.75) is 6.92 Å². The van der Waals surface area contributed by atoms with Gasteiger partial charge in [0.05, 0.1) is 4.92 Å². The number of nitro groups is 1. The molecule has 2 aromatic rings. The van der Waals surface area contributed by atoms with E-state index < -0.39 is 10.8 Å². The zero-order valence-electron chi connectivity index (χ0n) is 13.1. The lowest BCUT2D eigenvalue weighted by Gasteiger charge is -2.09. The summed E-state index contributed by atoms with van der Waals surface area (Å²) in [5, 5.41) is 18.8. The Bertz CT molecular complexity index is 787. The Kier molecular flexibility index (Phi) is 5.10. The van der Waals surface area contributed by atoms with E-state index in [1.54, 1.807) is 43.3 Å². The molecule has 0 fully saturated rings. The second-order valence-corrected chi connectivity index (χ2v) is 4.96. The molecule has 8 heteroatoms. The third-order valence-corrected chi connectivity index (χ3v) is 3.29. The van der Waals surface area contributed by atoms with E-state index in [9.17, 15) is 19.7 Å². The predicted octanol–water partition coefficient (Wildman–Crippen LogP) is 2.91. The SMILES string of the molecule is CNC(=O)Nc1ccc(NC(=O)c2cccc(C)c2[N+](=O)[O-])cc1. The van der Waals surface area contributed by atoms with Gasteiger partial charge < -0.3 is 16.0 Å². The van der Waals surface area contributed by atoms with Crippen LogP contribution < -0.4 is 16.0 Å². The van der Waals surface area contributed by atoms with Crippen molar-refractivity contribution in [3.63, 3.8) is 0 Å². The number of amides is 3. The molecule has 0 aliphatic carbocycles. The summed E-state index contributed by atoms with van der Waals surface area (Å²) in [5.74, 6) is -0.572. The largest absolute Gasteiger partial charge is 0.341 e. The molecule has 2 rings (SSSR count). The third-order valence-electron chi connectivity index (χ3n) is 3.29. The Morgan fingerprint density at radius 2 is 1.58 bits per heavy atom. The molecule has 124 valence electrons. The summed E-state index contributed by atoms with van der Waals surface area (Å²) >= 11 is 0. The smallest absolute Gasteiger partial charge is 0.318 e. The summed E-state index contributed by atoms with van der Waals surface area (Å²) in [6, 6.07) is 10.6. The molecule has 0 aromatic heterocycles. The van der Waals surface area contributed by atoms with Crippen LogP contribution in [0.3, 0.4) is 0 Å². The van der Waals surface area contributed by atoms with Gasteiger partial charge in [-0.05, 0) is 37.3 Å². The maximum atomic E-state index is 12.3. The third kappa shape index (κ3) is 3.86. The van der Waals surface area contributed by atoms with Crippen LogP contribution in [-0.4, -0.2) is 23.9 Å². The summed E-state index contributed by atoms with van der Waals surface area (Å²) in [6.45, 7) is 1.58. The topological polar surface area (TPSA) is 113 Å². The van der Waals surface area contributed by atoms with Gasteiger partial charge >= 0.3 is 6.03 Å². The zero-order valence-corrected chi connectivity index (χ0v) is 13.1. The molecule has 0 radical (unpaired) electrons.